The predicted octanol–water partition coefficient (Wildman–Crippen LogP) is 0.515. The van der Waals surface area contributed by atoms with Crippen molar-refractivity contribution in [3.05, 3.63) is 0 Å². The van der Waals surface area contributed by atoms with E-state index in [1.165, 1.54) is 12.8 Å². The fraction of sp³-hybridized carbons (Fsp3) is 1.00. The van der Waals surface area contributed by atoms with Gasteiger partial charge in [0.1, 0.15) is 0 Å². The van der Waals surface area contributed by atoms with Crippen molar-refractivity contribution < 1.29 is 13.1 Å². The Balaban J connectivity index is 0.000000770. The molecule has 0 spiro atoms. The molecular weight excluding hydrogens is 303 g/mol. The van der Waals surface area contributed by atoms with Gasteiger partial charge in [0.05, 0.1) is 0 Å². The second kappa shape index (κ2) is 16.9. The van der Waals surface area contributed by atoms with Crippen molar-refractivity contribution >= 4 is 20.2 Å². The summed E-state index contributed by atoms with van der Waals surface area (Å²) in [5.74, 6) is 0. The van der Waals surface area contributed by atoms with Crippen LogP contribution in [0, 0.1) is 0 Å². The molecule has 0 aromatic heterocycles. The number of rotatable bonds is 0. The van der Waals surface area contributed by atoms with Crippen LogP contribution in [0.2, 0.25) is 0 Å². The van der Waals surface area contributed by atoms with Crippen molar-refractivity contribution in [2.45, 2.75) is 12.8 Å². The molecule has 4 N–H and O–H groups in total. The average molecular weight is 327 g/mol. The van der Waals surface area contributed by atoms with Gasteiger partial charge in [0.25, 0.3) is 0 Å². The third-order valence-corrected chi connectivity index (χ3v) is 2.37. The van der Waals surface area contributed by atoms with Crippen LogP contribution in [0.3, 0.4) is 0 Å². The maximum absolute atomic E-state index is 4.76. The molecule has 17 heavy (non-hydrogen) atoms. The Bertz CT molecular complexity index is 90.2. The molecule has 0 radical (unpaired) electrons. The van der Waals surface area contributed by atoms with Gasteiger partial charge in [0.2, 0.25) is 0 Å². The zero-order valence-electron chi connectivity index (χ0n) is 10.2. The van der Waals surface area contributed by atoms with Crippen molar-refractivity contribution in [3.63, 3.8) is 0 Å². The molecule has 1 aliphatic rings. The van der Waals surface area contributed by atoms with Gasteiger partial charge >= 0.3 is 33.3 Å². The summed E-state index contributed by atoms with van der Waals surface area (Å²) in [6.45, 7) is 8.87. The summed E-state index contributed by atoms with van der Waals surface area (Å²) in [5.41, 5.74) is 0. The van der Waals surface area contributed by atoms with Crippen LogP contribution in [0.5, 0.6) is 0 Å². The van der Waals surface area contributed by atoms with Crippen LogP contribution in [0.15, 0.2) is 0 Å². The van der Waals surface area contributed by atoms with E-state index in [0.29, 0.717) is 0 Å². The Morgan fingerprint density at radius 1 is 0.529 bits per heavy atom. The normalized spacial score (nSPS) is 21.1. The van der Waals surface area contributed by atoms with E-state index in [1.54, 1.807) is 0 Å². The average Bonchev–Trinajstić information content (AvgIpc) is 2.33. The predicted molar refractivity (Wildman–Crippen MR) is 72.4 cm³/mol. The Morgan fingerprint density at radius 3 is 1.00 bits per heavy atom. The molecule has 106 valence electrons. The number of hydrogen-bond acceptors (Lipinski definition) is 4. The number of hydrogen-bond donors (Lipinski definition) is 4. The standard InChI is InChI=1S/C10H24N4.2ClH.Fe/c1-3-11-7-9-13-5-2-6-14-10-8-12-4-1;;;/h11-14H,1-10H2;2*1H;/q;;;+2/p-2. The van der Waals surface area contributed by atoms with E-state index in [1.807, 2.05) is 0 Å². The molecule has 0 aromatic rings. The monoisotopic (exact) mass is 326 g/mol. The molecule has 7 heteroatoms. The van der Waals surface area contributed by atoms with Gasteiger partial charge in [-0.3, -0.25) is 0 Å². The molecule has 0 saturated carbocycles. The summed E-state index contributed by atoms with van der Waals surface area (Å²) in [7, 11) is 9.53. The van der Waals surface area contributed by atoms with Crippen LogP contribution >= 0.6 is 20.2 Å². The fourth-order valence-electron chi connectivity index (χ4n) is 1.53. The third kappa shape index (κ3) is 16.9. The summed E-state index contributed by atoms with van der Waals surface area (Å²) in [4.78, 5) is 0. The zero-order valence-corrected chi connectivity index (χ0v) is 12.8. The van der Waals surface area contributed by atoms with Crippen LogP contribution in [0.25, 0.3) is 0 Å². The molecule has 1 heterocycles. The van der Waals surface area contributed by atoms with Crippen LogP contribution in [-0.2, 0) is 13.1 Å². The Hall–Kier alpha value is 0.939. The van der Waals surface area contributed by atoms with Crippen molar-refractivity contribution in [3.8, 4) is 0 Å². The Labute approximate surface area is 120 Å². The van der Waals surface area contributed by atoms with Gasteiger partial charge in [0, 0.05) is 26.2 Å². The van der Waals surface area contributed by atoms with Crippen molar-refractivity contribution in [2.75, 3.05) is 52.4 Å². The topological polar surface area (TPSA) is 48.1 Å². The van der Waals surface area contributed by atoms with Gasteiger partial charge in [-0.05, 0) is 39.0 Å². The zero-order chi connectivity index (χ0) is 12.6. The maximum atomic E-state index is 4.76. The van der Waals surface area contributed by atoms with E-state index in [0.717, 1.165) is 52.4 Å². The molecule has 1 fully saturated rings. The molecule has 0 aliphatic carbocycles. The first-order valence-electron chi connectivity index (χ1n) is 6.10. The van der Waals surface area contributed by atoms with Crippen LogP contribution in [0.1, 0.15) is 12.8 Å². The van der Waals surface area contributed by atoms with Gasteiger partial charge in [-0.15, -0.1) is 0 Å². The molecule has 0 bridgehead atoms. The molecule has 1 rings (SSSR count). The van der Waals surface area contributed by atoms with Gasteiger partial charge < -0.3 is 21.3 Å². The van der Waals surface area contributed by atoms with E-state index < -0.39 is 0 Å². The second-order valence-electron chi connectivity index (χ2n) is 3.76. The van der Waals surface area contributed by atoms with Crippen molar-refractivity contribution in [2.24, 2.45) is 0 Å². The summed E-state index contributed by atoms with van der Waals surface area (Å²) in [5, 5.41) is 13.7. The van der Waals surface area contributed by atoms with Gasteiger partial charge in [-0.2, -0.15) is 0 Å². The van der Waals surface area contributed by atoms with Gasteiger partial charge in [-0.25, -0.2) is 0 Å². The van der Waals surface area contributed by atoms with Crippen LogP contribution < -0.4 is 21.3 Å². The first-order chi connectivity index (χ1) is 8.41. The van der Waals surface area contributed by atoms with Crippen LogP contribution in [0.4, 0.5) is 0 Å². The molecular formula is C10H24Cl2FeN4. The van der Waals surface area contributed by atoms with E-state index in [-0.39, 0.29) is 13.1 Å². The minimum atomic E-state index is 0.194. The fourth-order valence-corrected chi connectivity index (χ4v) is 1.53. The second-order valence-corrected chi connectivity index (χ2v) is 5.58. The minimum absolute atomic E-state index is 0.194. The van der Waals surface area contributed by atoms with E-state index in [4.69, 9.17) is 20.2 Å². The van der Waals surface area contributed by atoms with Crippen molar-refractivity contribution in [1.29, 1.82) is 0 Å². The Kier molecular flexibility index (Phi) is 17.9. The van der Waals surface area contributed by atoms with Crippen LogP contribution in [-0.4, -0.2) is 52.4 Å². The molecule has 0 atom stereocenters. The molecule has 0 amide bonds. The first-order valence-corrected chi connectivity index (χ1v) is 9.13. The summed E-state index contributed by atoms with van der Waals surface area (Å²) in [6.07, 6.45) is 2.44. The third-order valence-electron chi connectivity index (χ3n) is 2.37. The summed E-state index contributed by atoms with van der Waals surface area (Å²) < 4.78 is 0. The molecule has 1 saturated heterocycles. The Morgan fingerprint density at radius 2 is 0.765 bits per heavy atom. The van der Waals surface area contributed by atoms with Crippen molar-refractivity contribution in [1.82, 2.24) is 21.3 Å². The molecule has 0 unspecified atom stereocenters. The van der Waals surface area contributed by atoms with Gasteiger partial charge in [0.15, 0.2) is 0 Å². The number of nitrogens with one attached hydrogen (secondary N) is 4. The van der Waals surface area contributed by atoms with E-state index >= 15 is 0 Å². The quantitative estimate of drug-likeness (QED) is 0.490. The molecule has 4 nitrogen and oxygen atoms in total. The molecule has 0 aromatic carbocycles. The summed E-state index contributed by atoms with van der Waals surface area (Å²) >= 11 is 0.194. The first kappa shape index (κ1) is 17.9. The van der Waals surface area contributed by atoms with E-state index in [2.05, 4.69) is 21.3 Å². The van der Waals surface area contributed by atoms with E-state index in [9.17, 15) is 0 Å². The number of halogens is 2. The SMILES string of the molecule is C1CNCCNCCCNCCNC1.[Cl][Fe][Cl]. The molecule has 1 aliphatic heterocycles. The van der Waals surface area contributed by atoms with Gasteiger partial charge in [-0.1, -0.05) is 0 Å². The summed E-state index contributed by atoms with van der Waals surface area (Å²) in [6, 6.07) is 0.